The highest BCUT2D eigenvalue weighted by molar-refractivity contribution is 5.24. The number of hydrogen-bond donors (Lipinski definition) is 1. The van der Waals surface area contributed by atoms with Crippen molar-refractivity contribution in [2.45, 2.75) is 32.7 Å². The van der Waals surface area contributed by atoms with E-state index in [1.165, 1.54) is 11.1 Å². The molecule has 0 spiro atoms. The van der Waals surface area contributed by atoms with Gasteiger partial charge >= 0.3 is 0 Å². The largest absolute Gasteiger partial charge is 0.445 e. The Morgan fingerprint density at radius 1 is 1.39 bits per heavy atom. The van der Waals surface area contributed by atoms with E-state index in [0.29, 0.717) is 6.04 Å². The Hall–Kier alpha value is -1.61. The molecular formula is C15H20N2O. The van der Waals surface area contributed by atoms with Crippen LogP contribution in [0, 0.1) is 6.92 Å². The van der Waals surface area contributed by atoms with Crippen LogP contribution in [0.2, 0.25) is 0 Å². The van der Waals surface area contributed by atoms with E-state index in [-0.39, 0.29) is 0 Å². The Bertz CT molecular complexity index is 505. The normalized spacial score (nSPS) is 12.6. The van der Waals surface area contributed by atoms with E-state index >= 15 is 0 Å². The second-order valence-electron chi connectivity index (χ2n) is 4.78. The van der Waals surface area contributed by atoms with Crippen molar-refractivity contribution >= 4 is 0 Å². The minimum atomic E-state index is 0.407. The number of hydrogen-bond acceptors (Lipinski definition) is 3. The number of aromatic nitrogens is 1. The van der Waals surface area contributed by atoms with Gasteiger partial charge in [-0.25, -0.2) is 4.98 Å². The van der Waals surface area contributed by atoms with Gasteiger partial charge in [0, 0.05) is 18.9 Å². The van der Waals surface area contributed by atoms with Crippen molar-refractivity contribution in [3.63, 3.8) is 0 Å². The smallest absolute Gasteiger partial charge is 0.198 e. The van der Waals surface area contributed by atoms with Crippen LogP contribution in [0.25, 0.3) is 0 Å². The molecule has 0 saturated heterocycles. The standard InChI is InChI=1S/C15H20N2O/c1-11-5-4-6-13(7-11)9-15-17-10-14(18-15)8-12(2)16-3/h4-7,10,12,16H,8-9H2,1-3H3. The average Bonchev–Trinajstić information content (AvgIpc) is 2.76. The number of nitrogens with one attached hydrogen (secondary N) is 1. The summed E-state index contributed by atoms with van der Waals surface area (Å²) in [6, 6.07) is 8.84. The second-order valence-corrected chi connectivity index (χ2v) is 4.78. The van der Waals surface area contributed by atoms with Crippen LogP contribution in [-0.4, -0.2) is 18.1 Å². The molecule has 1 atom stereocenters. The van der Waals surface area contributed by atoms with Gasteiger partial charge in [0.2, 0.25) is 0 Å². The van der Waals surface area contributed by atoms with Crippen LogP contribution in [0.15, 0.2) is 34.9 Å². The summed E-state index contributed by atoms with van der Waals surface area (Å²) in [4.78, 5) is 4.33. The molecule has 0 amide bonds. The number of benzene rings is 1. The van der Waals surface area contributed by atoms with E-state index in [4.69, 9.17) is 4.42 Å². The first-order valence-corrected chi connectivity index (χ1v) is 6.34. The third kappa shape index (κ3) is 3.44. The van der Waals surface area contributed by atoms with Crippen molar-refractivity contribution in [1.82, 2.24) is 10.3 Å². The van der Waals surface area contributed by atoms with Gasteiger partial charge in [-0.1, -0.05) is 29.8 Å². The predicted octanol–water partition coefficient (Wildman–Crippen LogP) is 2.72. The summed E-state index contributed by atoms with van der Waals surface area (Å²) < 4.78 is 5.75. The van der Waals surface area contributed by atoms with E-state index in [1.54, 1.807) is 0 Å². The summed E-state index contributed by atoms with van der Waals surface area (Å²) in [5.41, 5.74) is 2.51. The highest BCUT2D eigenvalue weighted by atomic mass is 16.4. The van der Waals surface area contributed by atoms with Gasteiger partial charge in [-0.15, -0.1) is 0 Å². The Balaban J connectivity index is 2.02. The van der Waals surface area contributed by atoms with Gasteiger partial charge in [-0.2, -0.15) is 0 Å². The van der Waals surface area contributed by atoms with Crippen LogP contribution in [0.3, 0.4) is 0 Å². The zero-order valence-corrected chi connectivity index (χ0v) is 11.2. The maximum Gasteiger partial charge on any atom is 0.198 e. The SMILES string of the molecule is CNC(C)Cc1cnc(Cc2cccc(C)c2)o1. The Labute approximate surface area is 108 Å². The lowest BCUT2D eigenvalue weighted by Gasteiger charge is -2.06. The molecule has 3 nitrogen and oxygen atoms in total. The number of oxazole rings is 1. The molecule has 1 aromatic carbocycles. The summed E-state index contributed by atoms with van der Waals surface area (Å²) in [6.07, 6.45) is 3.46. The van der Waals surface area contributed by atoms with Gasteiger partial charge in [-0.05, 0) is 26.5 Å². The quantitative estimate of drug-likeness (QED) is 0.878. The van der Waals surface area contributed by atoms with Gasteiger partial charge in [0.05, 0.1) is 6.20 Å². The average molecular weight is 244 g/mol. The van der Waals surface area contributed by atoms with Crippen molar-refractivity contribution in [2.75, 3.05) is 7.05 Å². The molecule has 1 heterocycles. The van der Waals surface area contributed by atoms with Crippen LogP contribution in [-0.2, 0) is 12.8 Å². The number of nitrogens with zero attached hydrogens (tertiary/aromatic N) is 1. The summed E-state index contributed by atoms with van der Waals surface area (Å²) in [5, 5.41) is 3.19. The molecular weight excluding hydrogens is 224 g/mol. The molecule has 0 saturated carbocycles. The van der Waals surface area contributed by atoms with Gasteiger partial charge in [-0.3, -0.25) is 0 Å². The van der Waals surface area contributed by atoms with E-state index < -0.39 is 0 Å². The van der Waals surface area contributed by atoms with E-state index in [2.05, 4.69) is 48.4 Å². The maximum absolute atomic E-state index is 5.75. The van der Waals surface area contributed by atoms with E-state index in [9.17, 15) is 0 Å². The number of likely N-dealkylation sites (N-methyl/N-ethyl adjacent to an activating group) is 1. The fourth-order valence-electron chi connectivity index (χ4n) is 1.92. The lowest BCUT2D eigenvalue weighted by Crippen LogP contribution is -2.23. The summed E-state index contributed by atoms with van der Waals surface area (Å²) >= 11 is 0. The van der Waals surface area contributed by atoms with Crippen LogP contribution in [0.5, 0.6) is 0 Å². The Morgan fingerprint density at radius 2 is 2.22 bits per heavy atom. The third-order valence-electron chi connectivity index (χ3n) is 3.04. The molecule has 1 aromatic heterocycles. The molecule has 0 aliphatic carbocycles. The van der Waals surface area contributed by atoms with Crippen LogP contribution < -0.4 is 5.32 Å². The summed E-state index contributed by atoms with van der Waals surface area (Å²) in [7, 11) is 1.95. The van der Waals surface area contributed by atoms with Crippen molar-refractivity contribution in [2.24, 2.45) is 0 Å². The van der Waals surface area contributed by atoms with Crippen LogP contribution in [0.1, 0.15) is 29.7 Å². The molecule has 1 N–H and O–H groups in total. The lowest BCUT2D eigenvalue weighted by atomic mass is 10.1. The fourth-order valence-corrected chi connectivity index (χ4v) is 1.92. The number of aryl methyl sites for hydroxylation is 1. The zero-order chi connectivity index (χ0) is 13.0. The lowest BCUT2D eigenvalue weighted by molar-refractivity contribution is 0.440. The fraction of sp³-hybridized carbons (Fsp3) is 0.400. The van der Waals surface area contributed by atoms with Gasteiger partial charge < -0.3 is 9.73 Å². The topological polar surface area (TPSA) is 38.1 Å². The highest BCUT2D eigenvalue weighted by Crippen LogP contribution is 2.12. The van der Waals surface area contributed by atoms with Crippen molar-refractivity contribution in [1.29, 1.82) is 0 Å². The van der Waals surface area contributed by atoms with Crippen molar-refractivity contribution in [3.05, 3.63) is 53.2 Å². The molecule has 0 radical (unpaired) electrons. The molecule has 0 fully saturated rings. The molecule has 0 bridgehead atoms. The monoisotopic (exact) mass is 244 g/mol. The zero-order valence-electron chi connectivity index (χ0n) is 11.2. The minimum Gasteiger partial charge on any atom is -0.445 e. The predicted molar refractivity (Wildman–Crippen MR) is 72.7 cm³/mol. The Morgan fingerprint density at radius 3 is 2.94 bits per heavy atom. The van der Waals surface area contributed by atoms with Crippen molar-refractivity contribution in [3.8, 4) is 0 Å². The van der Waals surface area contributed by atoms with Gasteiger partial charge in [0.15, 0.2) is 5.89 Å². The molecule has 96 valence electrons. The molecule has 18 heavy (non-hydrogen) atoms. The molecule has 0 aliphatic rings. The summed E-state index contributed by atoms with van der Waals surface area (Å²) in [6.45, 7) is 4.22. The molecule has 2 aromatic rings. The Kier molecular flexibility index (Phi) is 4.15. The third-order valence-corrected chi connectivity index (χ3v) is 3.04. The molecule has 1 unspecified atom stereocenters. The van der Waals surface area contributed by atoms with Gasteiger partial charge in [0.25, 0.3) is 0 Å². The van der Waals surface area contributed by atoms with E-state index in [0.717, 1.165) is 24.5 Å². The first-order chi connectivity index (χ1) is 8.67. The summed E-state index contributed by atoms with van der Waals surface area (Å²) in [5.74, 6) is 1.73. The van der Waals surface area contributed by atoms with Crippen LogP contribution in [0.4, 0.5) is 0 Å². The first kappa shape index (κ1) is 12.8. The minimum absolute atomic E-state index is 0.407. The maximum atomic E-state index is 5.75. The van der Waals surface area contributed by atoms with Crippen LogP contribution >= 0.6 is 0 Å². The second kappa shape index (κ2) is 5.83. The first-order valence-electron chi connectivity index (χ1n) is 6.34. The highest BCUT2D eigenvalue weighted by Gasteiger charge is 2.08. The molecule has 0 aliphatic heterocycles. The van der Waals surface area contributed by atoms with E-state index in [1.807, 2.05) is 13.2 Å². The van der Waals surface area contributed by atoms with Crippen molar-refractivity contribution < 1.29 is 4.42 Å². The molecule has 3 heteroatoms. The number of rotatable bonds is 5. The molecule has 2 rings (SSSR count). The van der Waals surface area contributed by atoms with Gasteiger partial charge in [0.1, 0.15) is 5.76 Å².